The molecule has 3 N–H and O–H groups in total. The van der Waals surface area contributed by atoms with Crippen LogP contribution in [0.4, 0.5) is 26.3 Å². The van der Waals surface area contributed by atoms with Crippen LogP contribution in [0.1, 0.15) is 11.5 Å². The number of rotatable bonds is 5. The van der Waals surface area contributed by atoms with E-state index < -0.39 is 24.3 Å². The lowest BCUT2D eigenvalue weighted by molar-refractivity contribution is -0.193. The van der Waals surface area contributed by atoms with Crippen LogP contribution in [0.3, 0.4) is 0 Å². The highest BCUT2D eigenvalue weighted by Gasteiger charge is 2.38. The Balaban J connectivity index is 0.000000317. The van der Waals surface area contributed by atoms with Gasteiger partial charge in [0.25, 0.3) is 0 Å². The number of carboxylic acid groups (broad SMARTS) is 2. The van der Waals surface area contributed by atoms with Crippen molar-refractivity contribution in [1.82, 2.24) is 29.3 Å². The standard InChI is InChI=1S/C19H24N6.2C2HF3O2/c1-23-8-7-20-18(23)15-25-11-9-24(10-12-25)14-17-13-21-19(22-17)16-5-3-2-4-6-16;2*3-2(4,5)1(6)7/h2-8,13H,9-12,14-15H2,1H3,(H,21,22);2*(H,6,7). The molecule has 0 radical (unpaired) electrons. The highest BCUT2D eigenvalue weighted by molar-refractivity contribution is 5.73. The van der Waals surface area contributed by atoms with E-state index in [9.17, 15) is 26.3 Å². The lowest BCUT2D eigenvalue weighted by Gasteiger charge is -2.34. The smallest absolute Gasteiger partial charge is 0.475 e. The molecule has 0 bridgehead atoms. The molecule has 1 aromatic carbocycles. The van der Waals surface area contributed by atoms with Crippen LogP contribution in [0.2, 0.25) is 0 Å². The average molecular weight is 564 g/mol. The minimum Gasteiger partial charge on any atom is -0.475 e. The molecular weight excluding hydrogens is 538 g/mol. The molecule has 1 aliphatic rings. The van der Waals surface area contributed by atoms with Crippen LogP contribution in [-0.2, 0) is 29.7 Å². The van der Waals surface area contributed by atoms with Gasteiger partial charge in [0.05, 0.1) is 6.54 Å². The number of aliphatic carboxylic acids is 2. The maximum Gasteiger partial charge on any atom is 0.490 e. The maximum atomic E-state index is 10.6. The third-order valence-corrected chi connectivity index (χ3v) is 5.31. The molecule has 1 saturated heterocycles. The lowest BCUT2D eigenvalue weighted by atomic mass is 10.2. The number of hydrogen-bond donors (Lipinski definition) is 3. The zero-order valence-electron chi connectivity index (χ0n) is 20.6. The van der Waals surface area contributed by atoms with Crippen LogP contribution in [0.15, 0.2) is 48.9 Å². The van der Waals surface area contributed by atoms with Crippen LogP contribution >= 0.6 is 0 Å². The van der Waals surface area contributed by atoms with Crippen molar-refractivity contribution < 1.29 is 46.1 Å². The Kier molecular flexibility index (Phi) is 11.0. The van der Waals surface area contributed by atoms with Crippen molar-refractivity contribution in [1.29, 1.82) is 0 Å². The molecule has 0 saturated carbocycles. The van der Waals surface area contributed by atoms with Gasteiger partial charge < -0.3 is 19.8 Å². The number of H-pyrrole nitrogens is 1. The fourth-order valence-electron chi connectivity index (χ4n) is 3.28. The molecule has 10 nitrogen and oxygen atoms in total. The van der Waals surface area contributed by atoms with Crippen LogP contribution in [0.25, 0.3) is 11.4 Å². The minimum absolute atomic E-state index is 0.927. The minimum atomic E-state index is -5.08. The van der Waals surface area contributed by atoms with Gasteiger partial charge >= 0.3 is 24.3 Å². The SMILES string of the molecule is Cn1ccnc1CN1CCN(Cc2cnc(-c3ccccc3)[nH]2)CC1.O=C(O)C(F)(F)F.O=C(O)C(F)(F)F. The van der Waals surface area contributed by atoms with Gasteiger partial charge in [-0.3, -0.25) is 9.80 Å². The summed E-state index contributed by atoms with van der Waals surface area (Å²) in [6, 6.07) is 10.3. The summed E-state index contributed by atoms with van der Waals surface area (Å²) in [4.78, 5) is 35.1. The van der Waals surface area contributed by atoms with Crippen LogP contribution in [0, 0.1) is 0 Å². The molecule has 3 heterocycles. The number of hydrogen-bond acceptors (Lipinski definition) is 6. The second-order valence-electron chi connectivity index (χ2n) is 8.24. The molecule has 2 aromatic heterocycles. The summed E-state index contributed by atoms with van der Waals surface area (Å²) in [5, 5.41) is 14.2. The number of nitrogens with zero attached hydrogens (tertiary/aromatic N) is 5. The summed E-state index contributed by atoms with van der Waals surface area (Å²) in [5.41, 5.74) is 2.31. The molecule has 1 fully saturated rings. The number of benzene rings is 1. The largest absolute Gasteiger partial charge is 0.490 e. The molecular formula is C23H26F6N6O4. The van der Waals surface area contributed by atoms with Crippen molar-refractivity contribution in [2.24, 2.45) is 7.05 Å². The summed E-state index contributed by atoms with van der Waals surface area (Å²) in [6.45, 7) is 6.16. The Morgan fingerprint density at radius 2 is 1.36 bits per heavy atom. The summed E-state index contributed by atoms with van der Waals surface area (Å²) in [7, 11) is 2.06. The van der Waals surface area contributed by atoms with Gasteiger partial charge in [0.15, 0.2) is 0 Å². The van der Waals surface area contributed by atoms with Gasteiger partial charge in [-0.05, 0) is 0 Å². The van der Waals surface area contributed by atoms with Crippen molar-refractivity contribution in [3.63, 3.8) is 0 Å². The first kappa shape index (κ1) is 31.3. The Morgan fingerprint density at radius 3 is 1.79 bits per heavy atom. The van der Waals surface area contributed by atoms with E-state index in [4.69, 9.17) is 19.8 Å². The number of alkyl halides is 6. The number of aryl methyl sites for hydroxylation is 1. The second kappa shape index (κ2) is 13.7. The van der Waals surface area contributed by atoms with Crippen molar-refractivity contribution >= 4 is 11.9 Å². The van der Waals surface area contributed by atoms with E-state index in [1.165, 1.54) is 5.69 Å². The van der Waals surface area contributed by atoms with Crippen molar-refractivity contribution in [2.75, 3.05) is 26.2 Å². The van der Waals surface area contributed by atoms with E-state index in [0.29, 0.717) is 0 Å². The molecule has 0 spiro atoms. The van der Waals surface area contributed by atoms with E-state index in [1.54, 1.807) is 0 Å². The summed E-state index contributed by atoms with van der Waals surface area (Å²) < 4.78 is 65.6. The van der Waals surface area contributed by atoms with E-state index in [1.807, 2.05) is 36.8 Å². The first-order valence-corrected chi connectivity index (χ1v) is 11.3. The molecule has 214 valence electrons. The lowest BCUT2D eigenvalue weighted by Crippen LogP contribution is -2.45. The first-order chi connectivity index (χ1) is 18.2. The van der Waals surface area contributed by atoms with Gasteiger partial charge in [-0.1, -0.05) is 30.3 Å². The van der Waals surface area contributed by atoms with Gasteiger partial charge in [0.1, 0.15) is 11.6 Å². The van der Waals surface area contributed by atoms with Gasteiger partial charge in [-0.15, -0.1) is 0 Å². The third kappa shape index (κ3) is 10.8. The van der Waals surface area contributed by atoms with Crippen molar-refractivity contribution in [2.45, 2.75) is 25.4 Å². The second-order valence-corrected chi connectivity index (χ2v) is 8.24. The zero-order valence-corrected chi connectivity index (χ0v) is 20.6. The number of nitrogens with one attached hydrogen (secondary N) is 1. The van der Waals surface area contributed by atoms with Crippen LogP contribution in [-0.4, -0.2) is 90.0 Å². The quantitative estimate of drug-likeness (QED) is 0.403. The molecule has 0 amide bonds. The van der Waals surface area contributed by atoms with Gasteiger partial charge in [-0.25, -0.2) is 19.6 Å². The molecule has 0 unspecified atom stereocenters. The number of aromatic amines is 1. The van der Waals surface area contributed by atoms with Crippen molar-refractivity contribution in [3.8, 4) is 11.4 Å². The number of piperazine rings is 1. The number of carboxylic acids is 2. The molecule has 4 rings (SSSR count). The molecule has 0 aliphatic carbocycles. The fourth-order valence-corrected chi connectivity index (χ4v) is 3.28. The number of imidazole rings is 2. The van der Waals surface area contributed by atoms with Crippen LogP contribution in [0.5, 0.6) is 0 Å². The highest BCUT2D eigenvalue weighted by atomic mass is 19.4. The summed E-state index contributed by atoms with van der Waals surface area (Å²) in [6.07, 6.45) is -4.33. The predicted octanol–water partition coefficient (Wildman–Crippen LogP) is 3.39. The highest BCUT2D eigenvalue weighted by Crippen LogP contribution is 2.17. The number of carbonyl (C=O) groups is 2. The Hall–Kier alpha value is -3.92. The maximum absolute atomic E-state index is 10.6. The van der Waals surface area contributed by atoms with E-state index in [-0.39, 0.29) is 0 Å². The van der Waals surface area contributed by atoms with E-state index >= 15 is 0 Å². The van der Waals surface area contributed by atoms with Crippen molar-refractivity contribution in [3.05, 3.63) is 60.4 Å². The topological polar surface area (TPSA) is 128 Å². The predicted molar refractivity (Wildman–Crippen MR) is 125 cm³/mol. The average Bonchev–Trinajstić information content (AvgIpc) is 3.49. The number of aromatic nitrogens is 4. The molecule has 1 aliphatic heterocycles. The molecule has 3 aromatic rings. The molecule has 16 heteroatoms. The van der Waals surface area contributed by atoms with E-state index in [0.717, 1.165) is 56.5 Å². The number of halogens is 6. The van der Waals surface area contributed by atoms with Crippen LogP contribution < -0.4 is 0 Å². The Labute approximate surface area is 218 Å². The fraction of sp³-hybridized carbons (Fsp3) is 0.391. The summed E-state index contributed by atoms with van der Waals surface area (Å²) >= 11 is 0. The Bertz CT molecular complexity index is 1160. The van der Waals surface area contributed by atoms with E-state index in [2.05, 4.69) is 48.5 Å². The molecule has 39 heavy (non-hydrogen) atoms. The zero-order chi connectivity index (χ0) is 29.2. The third-order valence-electron chi connectivity index (χ3n) is 5.31. The summed E-state index contributed by atoms with van der Waals surface area (Å²) in [5.74, 6) is -3.43. The first-order valence-electron chi connectivity index (χ1n) is 11.3. The normalized spacial score (nSPS) is 14.5. The van der Waals surface area contributed by atoms with Gasteiger partial charge in [-0.2, -0.15) is 26.3 Å². The Morgan fingerprint density at radius 1 is 0.872 bits per heavy atom. The monoisotopic (exact) mass is 564 g/mol. The van der Waals surface area contributed by atoms with Gasteiger partial charge in [0, 0.05) is 69.6 Å². The van der Waals surface area contributed by atoms with Gasteiger partial charge in [0.2, 0.25) is 0 Å². The molecule has 0 atom stereocenters.